The van der Waals surface area contributed by atoms with Crippen molar-refractivity contribution >= 4 is 38.4 Å². The van der Waals surface area contributed by atoms with Crippen molar-refractivity contribution in [2.75, 3.05) is 18.9 Å². The Kier molecular flexibility index (Phi) is 9.85. The third-order valence-corrected chi connectivity index (χ3v) is 9.50. The number of ether oxygens (including phenoxy) is 2. The summed E-state index contributed by atoms with van der Waals surface area (Å²) in [6.07, 6.45) is -14.6. The van der Waals surface area contributed by atoms with E-state index in [0.29, 0.717) is 6.20 Å². The Balaban J connectivity index is 1.16. The van der Waals surface area contributed by atoms with Gasteiger partial charge in [-0.2, -0.15) is 17.7 Å². The van der Waals surface area contributed by atoms with E-state index in [-0.39, 0.29) is 17.0 Å². The van der Waals surface area contributed by atoms with Crippen molar-refractivity contribution in [1.29, 1.82) is 0 Å². The van der Waals surface area contributed by atoms with Crippen LogP contribution in [0.1, 0.15) is 22.8 Å². The van der Waals surface area contributed by atoms with Crippen LogP contribution in [0.4, 0.5) is 19.0 Å². The summed E-state index contributed by atoms with van der Waals surface area (Å²) < 4.78 is 88.7. The number of aliphatic hydroxyl groups is 4. The number of phosphoric acid groups is 2. The summed E-state index contributed by atoms with van der Waals surface area (Å²) in [6.45, 7) is -2.20. The summed E-state index contributed by atoms with van der Waals surface area (Å²) in [5, 5.41) is 41.4. The van der Waals surface area contributed by atoms with Gasteiger partial charge in [-0.25, -0.2) is 19.3 Å². The molecular formula is C22H24F3N6O14P2-. The van der Waals surface area contributed by atoms with Crippen molar-refractivity contribution in [1.82, 2.24) is 19.5 Å². The predicted molar refractivity (Wildman–Crippen MR) is 137 cm³/mol. The molecule has 0 radical (unpaired) electrons. The number of rotatable bonds is 11. The Hall–Kier alpha value is -3.02. The summed E-state index contributed by atoms with van der Waals surface area (Å²) in [7, 11) is -11.6. The molecule has 258 valence electrons. The second-order valence-electron chi connectivity index (χ2n) is 10.1. The van der Waals surface area contributed by atoms with E-state index in [1.54, 1.807) is 0 Å². The molecule has 0 spiro atoms. The Morgan fingerprint density at radius 1 is 1.00 bits per heavy atom. The molecule has 20 nitrogen and oxygen atoms in total. The molecule has 47 heavy (non-hydrogen) atoms. The minimum absolute atomic E-state index is 0.00610. The van der Waals surface area contributed by atoms with Gasteiger partial charge in [0.1, 0.15) is 42.4 Å². The van der Waals surface area contributed by atoms with Gasteiger partial charge in [0.25, 0.3) is 27.7 Å². The Morgan fingerprint density at radius 2 is 1.62 bits per heavy atom. The number of imidazole rings is 1. The fourth-order valence-corrected chi connectivity index (χ4v) is 6.73. The maximum atomic E-state index is 12.8. The van der Waals surface area contributed by atoms with Crippen LogP contribution in [0, 0.1) is 0 Å². The number of aromatic nitrogens is 5. The molecule has 0 bridgehead atoms. The van der Waals surface area contributed by atoms with E-state index >= 15 is 0 Å². The number of aliphatic hydroxyl groups excluding tert-OH is 4. The van der Waals surface area contributed by atoms with Crippen molar-refractivity contribution in [3.05, 3.63) is 42.7 Å². The number of pyridine rings is 1. The lowest BCUT2D eigenvalue weighted by atomic mass is 10.1. The maximum Gasteiger partial charge on any atom is 0.455 e. The highest BCUT2D eigenvalue weighted by Gasteiger charge is 2.50. The molecule has 3 aromatic rings. The van der Waals surface area contributed by atoms with Gasteiger partial charge in [0, 0.05) is 6.07 Å². The van der Waals surface area contributed by atoms with Gasteiger partial charge in [-0.1, -0.05) is 0 Å². The number of fused-ring (bicyclic) bond motifs is 1. The zero-order valence-electron chi connectivity index (χ0n) is 23.2. The molecule has 10 atom stereocenters. The molecule has 0 aromatic carbocycles. The first-order valence-corrected chi connectivity index (χ1v) is 16.0. The largest absolute Gasteiger partial charge is 0.756 e. The number of hydrogen-bond acceptors (Lipinski definition) is 18. The average molecular weight is 715 g/mol. The van der Waals surface area contributed by atoms with Gasteiger partial charge in [0.15, 0.2) is 36.2 Å². The SMILES string of the molecule is Nc1ncnc2c1ncn2[C@@H]1O[C@H](COP(=O)([O-])OP(=O)([O-])OC[C@H]2O[C@@H]([n+]3cccc(C(=O)C(F)(F)F)c3)[C@H](O)[C@@H]2O)[C@@H](O)[C@H]1O. The molecule has 0 aliphatic carbocycles. The minimum Gasteiger partial charge on any atom is -0.756 e. The number of nitrogens with two attached hydrogens (primary N) is 1. The van der Waals surface area contributed by atoms with Crippen LogP contribution >= 0.6 is 15.6 Å². The first-order chi connectivity index (χ1) is 21.9. The normalized spacial score (nSPS) is 30.7. The highest BCUT2D eigenvalue weighted by atomic mass is 31.3. The van der Waals surface area contributed by atoms with Crippen molar-refractivity contribution in [3.8, 4) is 0 Å². The molecule has 5 heterocycles. The van der Waals surface area contributed by atoms with E-state index in [4.69, 9.17) is 15.2 Å². The third-order valence-electron chi connectivity index (χ3n) is 6.97. The summed E-state index contributed by atoms with van der Waals surface area (Å²) in [5.41, 5.74) is 5.14. The van der Waals surface area contributed by atoms with E-state index in [1.807, 2.05) is 0 Å². The van der Waals surface area contributed by atoms with Crippen LogP contribution in [-0.4, -0.2) is 102 Å². The fourth-order valence-electron chi connectivity index (χ4n) is 4.71. The second kappa shape index (κ2) is 13.1. The van der Waals surface area contributed by atoms with Gasteiger partial charge in [-0.15, -0.1) is 0 Å². The molecule has 2 unspecified atom stereocenters. The third kappa shape index (κ3) is 7.52. The molecule has 2 fully saturated rings. The number of anilines is 1. The van der Waals surface area contributed by atoms with Crippen molar-refractivity contribution < 1.29 is 84.7 Å². The molecule has 3 aromatic heterocycles. The first-order valence-electron chi connectivity index (χ1n) is 13.1. The molecule has 0 saturated carbocycles. The van der Waals surface area contributed by atoms with Crippen LogP contribution in [0.5, 0.6) is 0 Å². The Bertz CT molecular complexity index is 1730. The summed E-state index contributed by atoms with van der Waals surface area (Å²) in [6, 6.07) is 1.87. The standard InChI is InChI=1S/C22H25F3N6O14P2/c23-22(24,25)17(36)9-2-1-3-30(4-9)20-15(34)13(32)10(43-20)5-41-46(37,38)45-47(39,40)42-6-11-14(33)16(35)21(44-11)31-8-29-12-18(26)27-7-28-19(12)31/h1-4,7-8,10-11,13-16,20-21,32-35H,5-6H2,(H3-,26,27,28,37,38,39,40)/p-1/t10-,11-,13-,14-,15-,16-,20-,21-/m1/s1. The molecule has 0 amide bonds. The van der Waals surface area contributed by atoms with Gasteiger partial charge in [0.2, 0.25) is 0 Å². The first kappa shape index (κ1) is 35.3. The molecule has 5 rings (SSSR count). The number of hydrogen-bond donors (Lipinski definition) is 5. The summed E-state index contributed by atoms with van der Waals surface area (Å²) in [5.74, 6) is -2.20. The molecule has 2 aliphatic heterocycles. The zero-order chi connectivity index (χ0) is 34.5. The number of nitrogen functional groups attached to an aromatic ring is 1. The number of halogens is 3. The number of Topliss-reactive ketones (excluding diaryl/α,β-unsaturated/α-hetero) is 1. The summed E-state index contributed by atoms with van der Waals surface area (Å²) >= 11 is 0. The lowest BCUT2D eigenvalue weighted by Gasteiger charge is -2.31. The van der Waals surface area contributed by atoms with E-state index in [9.17, 15) is 57.3 Å². The van der Waals surface area contributed by atoms with Crippen LogP contribution < -0.4 is 20.1 Å². The van der Waals surface area contributed by atoms with Crippen LogP contribution in [0.15, 0.2) is 37.2 Å². The lowest BCUT2D eigenvalue weighted by Crippen LogP contribution is -2.46. The van der Waals surface area contributed by atoms with Crippen LogP contribution in [0.3, 0.4) is 0 Å². The number of carbonyl (C=O) groups is 1. The Morgan fingerprint density at radius 3 is 2.26 bits per heavy atom. The quantitative estimate of drug-likeness (QED) is 0.0770. The molecule has 2 saturated heterocycles. The van der Waals surface area contributed by atoms with Crippen LogP contribution in [-0.2, 0) is 32.0 Å². The van der Waals surface area contributed by atoms with Gasteiger partial charge in [-0.05, 0) is 6.07 Å². The topological polar surface area (TPSA) is 298 Å². The number of ketones is 1. The lowest BCUT2D eigenvalue weighted by molar-refractivity contribution is -0.765. The molecule has 6 N–H and O–H groups in total. The van der Waals surface area contributed by atoms with Gasteiger partial charge in [-0.3, -0.25) is 18.5 Å². The highest BCUT2D eigenvalue weighted by molar-refractivity contribution is 7.59. The monoisotopic (exact) mass is 715 g/mol. The number of carbonyl (C=O) groups excluding carboxylic acids is 1. The number of alkyl halides is 3. The zero-order valence-corrected chi connectivity index (χ0v) is 25.0. The van der Waals surface area contributed by atoms with Crippen molar-refractivity contribution in [3.63, 3.8) is 0 Å². The highest BCUT2D eigenvalue weighted by Crippen LogP contribution is 2.56. The number of phosphoric ester groups is 2. The van der Waals surface area contributed by atoms with E-state index in [2.05, 4.69) is 28.3 Å². The van der Waals surface area contributed by atoms with Crippen LogP contribution in [0.25, 0.3) is 11.2 Å². The Labute approximate surface area is 259 Å². The summed E-state index contributed by atoms with van der Waals surface area (Å²) in [4.78, 5) is 47.8. The van der Waals surface area contributed by atoms with E-state index in [0.717, 1.165) is 29.2 Å². The molecule has 25 heteroatoms. The fraction of sp³-hybridized carbons (Fsp3) is 0.500. The van der Waals surface area contributed by atoms with Gasteiger partial charge < -0.3 is 54.5 Å². The minimum atomic E-state index is -5.81. The van der Waals surface area contributed by atoms with Gasteiger partial charge >= 0.3 is 6.18 Å². The molecular weight excluding hydrogens is 691 g/mol. The predicted octanol–water partition coefficient (Wildman–Crippen LogP) is -2.63. The van der Waals surface area contributed by atoms with E-state index < -0.39 is 95.5 Å². The van der Waals surface area contributed by atoms with Crippen molar-refractivity contribution in [2.24, 2.45) is 0 Å². The van der Waals surface area contributed by atoms with Crippen molar-refractivity contribution in [2.45, 2.75) is 55.3 Å². The average Bonchev–Trinajstić information content (AvgIpc) is 3.64. The number of nitrogens with zero attached hydrogens (tertiary/aromatic N) is 5. The second-order valence-corrected chi connectivity index (χ2v) is 13.1. The van der Waals surface area contributed by atoms with Crippen LogP contribution in [0.2, 0.25) is 0 Å². The molecule has 2 aliphatic rings. The van der Waals surface area contributed by atoms with E-state index in [1.165, 1.54) is 10.9 Å². The maximum absolute atomic E-state index is 12.8. The smallest absolute Gasteiger partial charge is 0.455 e. The van der Waals surface area contributed by atoms with Gasteiger partial charge in [0.05, 0.1) is 25.1 Å².